The molecule has 0 bridgehead atoms. The average molecular weight is 649 g/mol. The molecule has 0 fully saturated rings. The Kier molecular flexibility index (Phi) is 6.99. The highest BCUT2D eigenvalue weighted by atomic mass is 16.5. The second kappa shape index (κ2) is 10.4. The third-order valence-corrected chi connectivity index (χ3v) is 9.08. The van der Waals surface area contributed by atoms with E-state index in [4.69, 9.17) is 14.2 Å². The van der Waals surface area contributed by atoms with Gasteiger partial charge in [-0.25, -0.2) is 0 Å². The Morgan fingerprint density at radius 1 is 0.660 bits per heavy atom. The molecular formula is C33H28O14. The van der Waals surface area contributed by atoms with E-state index in [1.807, 2.05) is 0 Å². The molecule has 0 aliphatic heterocycles. The molecule has 3 aromatic carbocycles. The third-order valence-electron chi connectivity index (χ3n) is 9.08. The van der Waals surface area contributed by atoms with E-state index >= 15 is 0 Å². The summed E-state index contributed by atoms with van der Waals surface area (Å²) in [5, 5.41) is 74.9. The molecule has 0 unspecified atom stereocenters. The number of phenolic OH excluding ortho intramolecular Hbond substituents is 3. The molecule has 6 rings (SSSR count). The molecule has 0 saturated carbocycles. The molecule has 7 N–H and O–H groups in total. The molecule has 3 aromatic rings. The number of methoxy groups -OCH3 is 3. The molecule has 14 nitrogen and oxygen atoms in total. The zero-order chi connectivity index (χ0) is 34.6. The van der Waals surface area contributed by atoms with Crippen molar-refractivity contribution in [2.45, 2.75) is 37.8 Å². The van der Waals surface area contributed by atoms with Crippen LogP contribution in [0.1, 0.15) is 35.8 Å². The van der Waals surface area contributed by atoms with Gasteiger partial charge < -0.3 is 50.0 Å². The average Bonchev–Trinajstić information content (AvgIpc) is 3.04. The number of aromatic hydroxyl groups is 3. The number of aliphatic hydroxyl groups is 4. The lowest BCUT2D eigenvalue weighted by molar-refractivity contribution is -0.182. The van der Waals surface area contributed by atoms with Crippen molar-refractivity contribution in [3.63, 3.8) is 0 Å². The fraction of sp³-hybridized carbons (Fsp3) is 0.273. The Morgan fingerprint density at radius 3 is 1.81 bits per heavy atom. The molecule has 0 amide bonds. The van der Waals surface area contributed by atoms with Crippen molar-refractivity contribution < 1.29 is 50.0 Å². The van der Waals surface area contributed by atoms with Crippen LogP contribution in [0.5, 0.6) is 34.5 Å². The van der Waals surface area contributed by atoms with Gasteiger partial charge in [-0.3, -0.25) is 19.2 Å². The molecule has 14 heteroatoms. The third kappa shape index (κ3) is 3.92. The topological polar surface area (TPSA) is 238 Å². The SMILES string of the molecule is COc1cc(O)c2c(O)c3c(c(O)c2c1-c1c(OC)cc(OC)c2c(=O)c4c(=O)c(=O)c(C)cc=4c(=O)c12)[C@H](O)[C@](C)(O)[C@H](O)[C@H]3O. The minimum absolute atomic E-state index is 0.0987. The summed E-state index contributed by atoms with van der Waals surface area (Å²) in [6, 6.07) is 3.31. The van der Waals surface area contributed by atoms with Gasteiger partial charge in [0.25, 0.3) is 0 Å². The van der Waals surface area contributed by atoms with Gasteiger partial charge in [-0.2, -0.15) is 0 Å². The maximum Gasteiger partial charge on any atom is 0.237 e. The van der Waals surface area contributed by atoms with Gasteiger partial charge in [0.05, 0.1) is 37.3 Å². The summed E-state index contributed by atoms with van der Waals surface area (Å²) in [6.45, 7) is 2.29. The van der Waals surface area contributed by atoms with Crippen molar-refractivity contribution in [2.75, 3.05) is 21.3 Å². The lowest BCUT2D eigenvalue weighted by atomic mass is 9.73. The molecular weight excluding hydrogens is 620 g/mol. The van der Waals surface area contributed by atoms with Gasteiger partial charge in [0, 0.05) is 55.9 Å². The van der Waals surface area contributed by atoms with Crippen LogP contribution >= 0.6 is 0 Å². The van der Waals surface area contributed by atoms with Gasteiger partial charge in [-0.1, -0.05) is 0 Å². The lowest BCUT2D eigenvalue weighted by Crippen LogP contribution is -2.51. The summed E-state index contributed by atoms with van der Waals surface area (Å²) in [4.78, 5) is 53.9. The van der Waals surface area contributed by atoms with Crippen molar-refractivity contribution in [3.8, 4) is 45.6 Å². The largest absolute Gasteiger partial charge is 0.507 e. The summed E-state index contributed by atoms with van der Waals surface area (Å²) in [7, 11) is 3.57. The van der Waals surface area contributed by atoms with E-state index in [1.165, 1.54) is 34.3 Å². The molecule has 244 valence electrons. The van der Waals surface area contributed by atoms with Gasteiger partial charge in [0.2, 0.25) is 16.3 Å². The number of aryl methyl sites for hydroxylation is 1. The van der Waals surface area contributed by atoms with Crippen LogP contribution in [0.4, 0.5) is 0 Å². The van der Waals surface area contributed by atoms with Crippen LogP contribution in [0.15, 0.2) is 37.4 Å². The zero-order valence-electron chi connectivity index (χ0n) is 25.5. The maximum absolute atomic E-state index is 14.4. The summed E-state index contributed by atoms with van der Waals surface area (Å²) in [6.07, 6.45) is -6.22. The van der Waals surface area contributed by atoms with Crippen LogP contribution < -0.4 is 35.9 Å². The Bertz CT molecular complexity index is 2480. The standard InChI is InChI=1S/C33H28O14/c1-9-6-10-15(29(40)24(9)35)26(37)19-14(47-5)8-13(46-4)18(21(19)25(10)36)17-12(45-3)7-11(34)16-20(17)28(39)23-22(27(16)38)30(41)32(43)33(2,44)31(23)42/h6-8,30-32,34,38-39,41-44H,1-5H3/t30-,31-,32+,33-/m0/s1. The number of phenols is 3. The first-order valence-electron chi connectivity index (χ1n) is 14.0. The van der Waals surface area contributed by atoms with E-state index in [0.717, 1.165) is 19.1 Å². The second-order valence-electron chi connectivity index (χ2n) is 11.6. The zero-order valence-corrected chi connectivity index (χ0v) is 25.5. The second-order valence-corrected chi connectivity index (χ2v) is 11.6. The van der Waals surface area contributed by atoms with Gasteiger partial charge in [-0.05, 0) is 19.9 Å². The van der Waals surface area contributed by atoms with E-state index in [1.54, 1.807) is 0 Å². The number of ether oxygens (including phenoxy) is 3. The highest BCUT2D eigenvalue weighted by molar-refractivity contribution is 6.16. The predicted molar refractivity (Wildman–Crippen MR) is 166 cm³/mol. The molecule has 3 aliphatic rings. The van der Waals surface area contributed by atoms with Gasteiger partial charge in [-0.15, -0.1) is 0 Å². The number of rotatable bonds is 4. The van der Waals surface area contributed by atoms with Crippen LogP contribution in [0, 0.1) is 17.4 Å². The summed E-state index contributed by atoms with van der Waals surface area (Å²) in [5.41, 5.74) is -8.40. The molecule has 0 radical (unpaired) electrons. The van der Waals surface area contributed by atoms with Gasteiger partial charge in [0.15, 0.2) is 5.43 Å². The highest BCUT2D eigenvalue weighted by Gasteiger charge is 2.52. The van der Waals surface area contributed by atoms with Crippen LogP contribution in [0.3, 0.4) is 0 Å². The molecule has 47 heavy (non-hydrogen) atoms. The van der Waals surface area contributed by atoms with Crippen molar-refractivity contribution in [3.05, 3.63) is 86.2 Å². The Labute approximate surface area is 262 Å². The normalized spacial score (nSPS) is 20.9. The summed E-state index contributed by atoms with van der Waals surface area (Å²) in [5.74, 6) is -3.16. The summed E-state index contributed by atoms with van der Waals surface area (Å²) < 4.78 is 16.6. The van der Waals surface area contributed by atoms with Crippen LogP contribution in [0.25, 0.3) is 32.7 Å². The van der Waals surface area contributed by atoms with Gasteiger partial charge in [0.1, 0.15) is 58.4 Å². The Balaban J connectivity index is 1.98. The van der Waals surface area contributed by atoms with E-state index in [-0.39, 0.29) is 33.9 Å². The fourth-order valence-corrected chi connectivity index (χ4v) is 6.65. The van der Waals surface area contributed by atoms with Crippen molar-refractivity contribution in [1.82, 2.24) is 0 Å². The van der Waals surface area contributed by atoms with Crippen molar-refractivity contribution in [1.29, 1.82) is 0 Å². The monoisotopic (exact) mass is 648 g/mol. The number of aliphatic hydroxyl groups excluding tert-OH is 3. The van der Waals surface area contributed by atoms with Crippen molar-refractivity contribution in [2.24, 2.45) is 0 Å². The molecule has 0 heterocycles. The fourth-order valence-electron chi connectivity index (χ4n) is 6.65. The molecule has 0 spiro atoms. The quantitative estimate of drug-likeness (QED) is 0.103. The van der Waals surface area contributed by atoms with E-state index in [0.29, 0.717) is 0 Å². The van der Waals surface area contributed by atoms with Crippen LogP contribution in [-0.4, -0.2) is 68.8 Å². The number of hydrogen-bond donors (Lipinski definition) is 7. The molecule has 0 aromatic heterocycles. The van der Waals surface area contributed by atoms with E-state index in [9.17, 15) is 54.9 Å². The minimum Gasteiger partial charge on any atom is -0.507 e. The molecule has 3 aliphatic carbocycles. The lowest BCUT2D eigenvalue weighted by Gasteiger charge is -2.42. The van der Waals surface area contributed by atoms with Gasteiger partial charge >= 0.3 is 0 Å². The highest BCUT2D eigenvalue weighted by Crippen LogP contribution is 2.59. The Morgan fingerprint density at radius 2 is 1.21 bits per heavy atom. The van der Waals surface area contributed by atoms with E-state index in [2.05, 4.69) is 0 Å². The molecule has 0 saturated heterocycles. The van der Waals surface area contributed by atoms with Crippen molar-refractivity contribution >= 4 is 21.5 Å². The van der Waals surface area contributed by atoms with Crippen LogP contribution in [-0.2, 0) is 0 Å². The number of benzene rings is 3. The summed E-state index contributed by atoms with van der Waals surface area (Å²) >= 11 is 0. The first-order valence-corrected chi connectivity index (χ1v) is 14.0. The maximum atomic E-state index is 14.4. The van der Waals surface area contributed by atoms with Crippen LogP contribution in [0.2, 0.25) is 0 Å². The van der Waals surface area contributed by atoms with E-state index < -0.39 is 106 Å². The first kappa shape index (κ1) is 31.7. The first-order chi connectivity index (χ1) is 22.1. The molecule has 4 atom stereocenters. The predicted octanol–water partition coefficient (Wildman–Crippen LogP) is 0.345. The minimum atomic E-state index is -2.46. The smallest absolute Gasteiger partial charge is 0.237 e. The number of hydrogen-bond acceptors (Lipinski definition) is 14. The number of fused-ring (bicyclic) bond motifs is 3. The Hall–Kier alpha value is -5.28.